The summed E-state index contributed by atoms with van der Waals surface area (Å²) in [6.45, 7) is 3.71. The number of hydrogen-bond acceptors (Lipinski definition) is 6. The number of rotatable bonds is 6. The molecule has 0 radical (unpaired) electrons. The maximum absolute atomic E-state index is 12.7. The molecule has 1 heterocycles. The summed E-state index contributed by atoms with van der Waals surface area (Å²) in [5, 5.41) is 8.08. The number of anilines is 1. The molecule has 8 nitrogen and oxygen atoms in total. The molecule has 0 saturated carbocycles. The molecule has 0 atom stereocenters. The first-order valence-corrected chi connectivity index (χ1v) is 10.6. The van der Waals surface area contributed by atoms with Crippen molar-refractivity contribution in [3.05, 3.63) is 95.3 Å². The van der Waals surface area contributed by atoms with Crippen LogP contribution in [-0.2, 0) is 0 Å². The van der Waals surface area contributed by atoms with E-state index in [1.54, 1.807) is 73.1 Å². The standard InChI is InChI=1S/C26H24N4O4/c1-17-8-10-19(11-9-17)25(31)29(3)20-12-14-22(15-13-20)34-26(32)24-18(2)30(28-27-24)21-6-5-7-23(16-21)33-4/h5-16H,1-4H3. The van der Waals surface area contributed by atoms with Gasteiger partial charge in [0.1, 0.15) is 11.5 Å². The van der Waals surface area contributed by atoms with E-state index in [1.165, 1.54) is 0 Å². The van der Waals surface area contributed by atoms with Crippen LogP contribution in [0, 0.1) is 13.8 Å². The van der Waals surface area contributed by atoms with Crippen LogP contribution in [0.1, 0.15) is 32.1 Å². The summed E-state index contributed by atoms with van der Waals surface area (Å²) in [6.07, 6.45) is 0. The predicted molar refractivity (Wildman–Crippen MR) is 128 cm³/mol. The van der Waals surface area contributed by atoms with E-state index >= 15 is 0 Å². The predicted octanol–water partition coefficient (Wildman–Crippen LogP) is 4.39. The molecule has 4 aromatic rings. The van der Waals surface area contributed by atoms with Crippen molar-refractivity contribution in [2.45, 2.75) is 13.8 Å². The Hall–Kier alpha value is -4.46. The summed E-state index contributed by atoms with van der Waals surface area (Å²) >= 11 is 0. The number of carbonyl (C=O) groups is 2. The first-order chi connectivity index (χ1) is 16.4. The Labute approximate surface area is 197 Å². The van der Waals surface area contributed by atoms with Crippen molar-refractivity contribution >= 4 is 17.6 Å². The maximum atomic E-state index is 12.7. The van der Waals surface area contributed by atoms with Crippen molar-refractivity contribution in [3.8, 4) is 17.2 Å². The van der Waals surface area contributed by atoms with E-state index in [1.807, 2.05) is 37.3 Å². The zero-order valence-corrected chi connectivity index (χ0v) is 19.4. The molecule has 0 N–H and O–H groups in total. The van der Waals surface area contributed by atoms with Gasteiger partial charge in [-0.05, 0) is 62.4 Å². The topological polar surface area (TPSA) is 86.5 Å². The highest BCUT2D eigenvalue weighted by Gasteiger charge is 2.20. The summed E-state index contributed by atoms with van der Waals surface area (Å²) in [5.74, 6) is 0.251. The fourth-order valence-electron chi connectivity index (χ4n) is 3.41. The average molecular weight is 457 g/mol. The number of benzene rings is 3. The van der Waals surface area contributed by atoms with Crippen LogP contribution in [0.2, 0.25) is 0 Å². The van der Waals surface area contributed by atoms with Crippen molar-refractivity contribution in [2.75, 3.05) is 19.1 Å². The second-order valence-electron chi connectivity index (χ2n) is 7.75. The van der Waals surface area contributed by atoms with Crippen LogP contribution in [0.4, 0.5) is 5.69 Å². The van der Waals surface area contributed by atoms with Gasteiger partial charge in [0.25, 0.3) is 5.91 Å². The average Bonchev–Trinajstić information content (AvgIpc) is 3.25. The van der Waals surface area contributed by atoms with Crippen molar-refractivity contribution in [3.63, 3.8) is 0 Å². The number of ether oxygens (including phenoxy) is 2. The Bertz CT molecular complexity index is 1330. The van der Waals surface area contributed by atoms with E-state index in [0.717, 1.165) is 5.56 Å². The number of aromatic nitrogens is 3. The second-order valence-corrected chi connectivity index (χ2v) is 7.75. The Balaban J connectivity index is 1.46. The van der Waals surface area contributed by atoms with Crippen LogP contribution in [0.5, 0.6) is 11.5 Å². The van der Waals surface area contributed by atoms with E-state index in [-0.39, 0.29) is 11.6 Å². The van der Waals surface area contributed by atoms with Gasteiger partial charge in [0.05, 0.1) is 18.5 Å². The van der Waals surface area contributed by atoms with Crippen molar-refractivity contribution in [2.24, 2.45) is 0 Å². The molecule has 0 aliphatic heterocycles. The van der Waals surface area contributed by atoms with Gasteiger partial charge >= 0.3 is 5.97 Å². The van der Waals surface area contributed by atoms with Crippen LogP contribution in [0.3, 0.4) is 0 Å². The third-order valence-corrected chi connectivity index (χ3v) is 5.42. The van der Waals surface area contributed by atoms with E-state index in [4.69, 9.17) is 9.47 Å². The van der Waals surface area contributed by atoms with E-state index < -0.39 is 5.97 Å². The minimum atomic E-state index is -0.622. The zero-order chi connectivity index (χ0) is 24.2. The maximum Gasteiger partial charge on any atom is 0.366 e. The Morgan fingerprint density at radius 2 is 1.62 bits per heavy atom. The van der Waals surface area contributed by atoms with Gasteiger partial charge in [-0.3, -0.25) is 4.79 Å². The highest BCUT2D eigenvalue weighted by Crippen LogP contribution is 2.22. The number of amides is 1. The quantitative estimate of drug-likeness (QED) is 0.316. The van der Waals surface area contributed by atoms with Crippen LogP contribution < -0.4 is 14.4 Å². The highest BCUT2D eigenvalue weighted by molar-refractivity contribution is 6.05. The van der Waals surface area contributed by atoms with E-state index in [0.29, 0.717) is 34.1 Å². The number of methoxy groups -OCH3 is 1. The molecule has 0 bridgehead atoms. The fourth-order valence-corrected chi connectivity index (χ4v) is 3.41. The largest absolute Gasteiger partial charge is 0.497 e. The van der Waals surface area contributed by atoms with Crippen LogP contribution in [-0.4, -0.2) is 41.0 Å². The molecule has 0 unspecified atom stereocenters. The van der Waals surface area contributed by atoms with Gasteiger partial charge < -0.3 is 14.4 Å². The number of hydrogen-bond donors (Lipinski definition) is 0. The fraction of sp³-hybridized carbons (Fsp3) is 0.154. The van der Waals surface area contributed by atoms with Crippen LogP contribution >= 0.6 is 0 Å². The van der Waals surface area contributed by atoms with E-state index in [9.17, 15) is 9.59 Å². The van der Waals surface area contributed by atoms with Gasteiger partial charge in [0, 0.05) is 24.4 Å². The number of nitrogens with zero attached hydrogens (tertiary/aromatic N) is 4. The molecule has 1 aromatic heterocycles. The molecule has 1 amide bonds. The summed E-state index contributed by atoms with van der Waals surface area (Å²) in [4.78, 5) is 27.0. The molecule has 3 aromatic carbocycles. The number of esters is 1. The lowest BCUT2D eigenvalue weighted by molar-refractivity contribution is 0.0727. The van der Waals surface area contributed by atoms with Gasteiger partial charge in [0.15, 0.2) is 5.69 Å². The zero-order valence-electron chi connectivity index (χ0n) is 19.4. The molecule has 172 valence electrons. The van der Waals surface area contributed by atoms with Crippen molar-refractivity contribution in [1.82, 2.24) is 15.0 Å². The molecular formula is C26H24N4O4. The third-order valence-electron chi connectivity index (χ3n) is 5.42. The molecule has 0 aliphatic carbocycles. The van der Waals surface area contributed by atoms with Crippen LogP contribution in [0.15, 0.2) is 72.8 Å². The van der Waals surface area contributed by atoms with Gasteiger partial charge in [0.2, 0.25) is 0 Å². The normalized spacial score (nSPS) is 10.6. The molecule has 0 aliphatic rings. The Morgan fingerprint density at radius 1 is 0.912 bits per heavy atom. The van der Waals surface area contributed by atoms with Gasteiger partial charge in [-0.1, -0.05) is 29.0 Å². The minimum Gasteiger partial charge on any atom is -0.497 e. The lowest BCUT2D eigenvalue weighted by atomic mass is 10.1. The first-order valence-electron chi connectivity index (χ1n) is 10.6. The monoisotopic (exact) mass is 456 g/mol. The highest BCUT2D eigenvalue weighted by atomic mass is 16.5. The first kappa shape index (κ1) is 22.7. The molecule has 0 fully saturated rings. The molecule has 0 spiro atoms. The summed E-state index contributed by atoms with van der Waals surface area (Å²) in [7, 11) is 3.28. The molecule has 0 saturated heterocycles. The van der Waals surface area contributed by atoms with Gasteiger partial charge in [-0.25, -0.2) is 9.48 Å². The lowest BCUT2D eigenvalue weighted by Crippen LogP contribution is -2.26. The number of carbonyl (C=O) groups excluding carboxylic acids is 2. The molecule has 34 heavy (non-hydrogen) atoms. The lowest BCUT2D eigenvalue weighted by Gasteiger charge is -2.18. The number of aryl methyl sites for hydroxylation is 1. The third kappa shape index (κ3) is 4.66. The van der Waals surface area contributed by atoms with Gasteiger partial charge in [-0.15, -0.1) is 5.10 Å². The van der Waals surface area contributed by atoms with Crippen molar-refractivity contribution in [1.29, 1.82) is 0 Å². The Kier molecular flexibility index (Phi) is 6.40. The SMILES string of the molecule is COc1cccc(-n2nnc(C(=O)Oc3ccc(N(C)C(=O)c4ccc(C)cc4)cc3)c2C)c1. The summed E-state index contributed by atoms with van der Waals surface area (Å²) in [6, 6.07) is 21.4. The smallest absolute Gasteiger partial charge is 0.366 e. The summed E-state index contributed by atoms with van der Waals surface area (Å²) in [5.41, 5.74) is 3.72. The minimum absolute atomic E-state index is 0.110. The molecular weight excluding hydrogens is 432 g/mol. The van der Waals surface area contributed by atoms with E-state index in [2.05, 4.69) is 10.3 Å². The van der Waals surface area contributed by atoms with Gasteiger partial charge in [-0.2, -0.15) is 0 Å². The Morgan fingerprint density at radius 3 is 2.29 bits per heavy atom. The van der Waals surface area contributed by atoms with Crippen LogP contribution in [0.25, 0.3) is 5.69 Å². The molecule has 8 heteroatoms. The summed E-state index contributed by atoms with van der Waals surface area (Å²) < 4.78 is 12.3. The second kappa shape index (κ2) is 9.58. The molecule has 4 rings (SSSR count). The van der Waals surface area contributed by atoms with Crippen molar-refractivity contribution < 1.29 is 19.1 Å².